The molecular weight excluding hydrogens is 231 g/mol. The van der Waals surface area contributed by atoms with E-state index in [1.165, 1.54) is 12.1 Å². The SMILES string of the molecule is Fc1cccc(Cc2nnc(CCCl)o2)c1. The molecule has 0 aliphatic carbocycles. The van der Waals surface area contributed by atoms with E-state index in [4.69, 9.17) is 16.0 Å². The van der Waals surface area contributed by atoms with Crippen molar-refractivity contribution in [1.29, 1.82) is 0 Å². The molecule has 0 amide bonds. The quantitative estimate of drug-likeness (QED) is 0.771. The second kappa shape index (κ2) is 5.07. The predicted octanol–water partition coefficient (Wildman–Crippen LogP) is 2.58. The summed E-state index contributed by atoms with van der Waals surface area (Å²) >= 11 is 5.55. The number of alkyl halides is 1. The van der Waals surface area contributed by atoms with Gasteiger partial charge in [0, 0.05) is 12.3 Å². The molecule has 0 spiro atoms. The minimum atomic E-state index is -0.266. The topological polar surface area (TPSA) is 38.9 Å². The zero-order chi connectivity index (χ0) is 11.4. The predicted molar refractivity (Wildman–Crippen MR) is 57.9 cm³/mol. The second-order valence-corrected chi connectivity index (χ2v) is 3.71. The van der Waals surface area contributed by atoms with Crippen LogP contribution in [0.3, 0.4) is 0 Å². The molecule has 1 aromatic heterocycles. The van der Waals surface area contributed by atoms with Crippen LogP contribution in [0.25, 0.3) is 0 Å². The second-order valence-electron chi connectivity index (χ2n) is 3.34. The van der Waals surface area contributed by atoms with Gasteiger partial charge in [-0.05, 0) is 17.7 Å². The monoisotopic (exact) mass is 240 g/mol. The minimum absolute atomic E-state index is 0.266. The molecular formula is C11H10ClFN2O. The smallest absolute Gasteiger partial charge is 0.220 e. The molecule has 0 saturated heterocycles. The van der Waals surface area contributed by atoms with E-state index in [0.717, 1.165) is 5.56 Å². The number of hydrogen-bond donors (Lipinski definition) is 0. The number of hydrogen-bond acceptors (Lipinski definition) is 3. The first-order valence-corrected chi connectivity index (χ1v) is 5.43. The van der Waals surface area contributed by atoms with E-state index in [2.05, 4.69) is 10.2 Å². The molecule has 84 valence electrons. The van der Waals surface area contributed by atoms with Crippen LogP contribution in [0.1, 0.15) is 17.3 Å². The molecule has 0 aliphatic rings. The molecule has 0 radical (unpaired) electrons. The Labute approximate surface area is 97.3 Å². The lowest BCUT2D eigenvalue weighted by molar-refractivity contribution is 0.463. The number of aryl methyl sites for hydroxylation is 1. The van der Waals surface area contributed by atoms with Gasteiger partial charge >= 0.3 is 0 Å². The Balaban J connectivity index is 2.08. The number of rotatable bonds is 4. The van der Waals surface area contributed by atoms with E-state index >= 15 is 0 Å². The van der Waals surface area contributed by atoms with Crippen LogP contribution < -0.4 is 0 Å². The Morgan fingerprint density at radius 3 is 2.81 bits per heavy atom. The molecule has 16 heavy (non-hydrogen) atoms. The van der Waals surface area contributed by atoms with Crippen LogP contribution in [0.2, 0.25) is 0 Å². The van der Waals surface area contributed by atoms with Crippen LogP contribution >= 0.6 is 11.6 Å². The van der Waals surface area contributed by atoms with Crippen LogP contribution in [0.15, 0.2) is 28.7 Å². The van der Waals surface area contributed by atoms with Crippen molar-refractivity contribution in [3.05, 3.63) is 47.4 Å². The molecule has 0 fully saturated rings. The highest BCUT2D eigenvalue weighted by Gasteiger charge is 2.06. The first-order valence-electron chi connectivity index (χ1n) is 4.89. The van der Waals surface area contributed by atoms with Gasteiger partial charge in [0.25, 0.3) is 0 Å². The fraction of sp³-hybridized carbons (Fsp3) is 0.273. The van der Waals surface area contributed by atoms with Gasteiger partial charge in [0.15, 0.2) is 0 Å². The molecule has 0 saturated carbocycles. The normalized spacial score (nSPS) is 10.6. The Bertz CT molecular complexity index is 473. The molecule has 0 bridgehead atoms. The van der Waals surface area contributed by atoms with E-state index in [9.17, 15) is 4.39 Å². The summed E-state index contributed by atoms with van der Waals surface area (Å²) in [5.41, 5.74) is 0.807. The standard InChI is InChI=1S/C11H10ClFN2O/c12-5-4-10-14-15-11(16-10)7-8-2-1-3-9(13)6-8/h1-3,6H,4-5,7H2. The lowest BCUT2D eigenvalue weighted by Crippen LogP contribution is -1.89. The van der Waals surface area contributed by atoms with E-state index in [1.807, 2.05) is 6.07 Å². The molecule has 1 heterocycles. The van der Waals surface area contributed by atoms with Gasteiger partial charge < -0.3 is 4.42 Å². The third-order valence-electron chi connectivity index (χ3n) is 2.06. The molecule has 2 rings (SSSR count). The first-order chi connectivity index (χ1) is 7.78. The van der Waals surface area contributed by atoms with Crippen molar-refractivity contribution in [2.45, 2.75) is 12.8 Å². The maximum Gasteiger partial charge on any atom is 0.220 e. The van der Waals surface area contributed by atoms with E-state index < -0.39 is 0 Å². The number of halogens is 2. The van der Waals surface area contributed by atoms with Crippen molar-refractivity contribution in [3.8, 4) is 0 Å². The largest absolute Gasteiger partial charge is 0.425 e. The van der Waals surface area contributed by atoms with Crippen molar-refractivity contribution in [2.75, 3.05) is 5.88 Å². The average molecular weight is 241 g/mol. The van der Waals surface area contributed by atoms with Crippen molar-refractivity contribution in [1.82, 2.24) is 10.2 Å². The lowest BCUT2D eigenvalue weighted by atomic mass is 10.1. The molecule has 0 N–H and O–H groups in total. The van der Waals surface area contributed by atoms with Crippen LogP contribution in [-0.4, -0.2) is 16.1 Å². The van der Waals surface area contributed by atoms with E-state index in [-0.39, 0.29) is 5.82 Å². The Morgan fingerprint density at radius 2 is 2.06 bits per heavy atom. The molecule has 3 nitrogen and oxygen atoms in total. The van der Waals surface area contributed by atoms with Gasteiger partial charge in [0.2, 0.25) is 11.8 Å². The zero-order valence-corrected chi connectivity index (χ0v) is 9.25. The lowest BCUT2D eigenvalue weighted by Gasteiger charge is -1.96. The van der Waals surface area contributed by atoms with Gasteiger partial charge in [-0.2, -0.15) is 0 Å². The minimum Gasteiger partial charge on any atom is -0.425 e. The zero-order valence-electron chi connectivity index (χ0n) is 8.49. The fourth-order valence-electron chi connectivity index (χ4n) is 1.36. The Kier molecular flexibility index (Phi) is 3.51. The van der Waals surface area contributed by atoms with Crippen molar-refractivity contribution in [2.24, 2.45) is 0 Å². The molecule has 0 atom stereocenters. The van der Waals surface area contributed by atoms with E-state index in [0.29, 0.717) is 30.5 Å². The van der Waals surface area contributed by atoms with Gasteiger partial charge in [-0.15, -0.1) is 21.8 Å². The molecule has 1 aromatic carbocycles. The number of aromatic nitrogens is 2. The van der Waals surface area contributed by atoms with Crippen LogP contribution in [-0.2, 0) is 12.8 Å². The highest BCUT2D eigenvalue weighted by Crippen LogP contribution is 2.10. The van der Waals surface area contributed by atoms with Gasteiger partial charge in [0.1, 0.15) is 5.82 Å². The maximum absolute atomic E-state index is 12.9. The summed E-state index contributed by atoms with van der Waals surface area (Å²) in [7, 11) is 0. The summed E-state index contributed by atoms with van der Waals surface area (Å²) < 4.78 is 18.3. The summed E-state index contributed by atoms with van der Waals surface area (Å²) in [5, 5.41) is 7.69. The van der Waals surface area contributed by atoms with Gasteiger partial charge in [-0.1, -0.05) is 12.1 Å². The third kappa shape index (κ3) is 2.79. The Morgan fingerprint density at radius 1 is 1.25 bits per heavy atom. The summed E-state index contributed by atoms with van der Waals surface area (Å²) in [6.07, 6.45) is 0.991. The molecule has 0 aliphatic heterocycles. The summed E-state index contributed by atoms with van der Waals surface area (Å²) in [5.74, 6) is 1.17. The van der Waals surface area contributed by atoms with Crippen LogP contribution in [0.5, 0.6) is 0 Å². The van der Waals surface area contributed by atoms with Gasteiger partial charge in [-0.3, -0.25) is 0 Å². The Hall–Kier alpha value is -1.42. The summed E-state index contributed by atoms with van der Waals surface area (Å²) in [6.45, 7) is 0. The van der Waals surface area contributed by atoms with Crippen LogP contribution in [0.4, 0.5) is 4.39 Å². The van der Waals surface area contributed by atoms with Gasteiger partial charge in [-0.25, -0.2) is 4.39 Å². The first kappa shape index (κ1) is 11.1. The van der Waals surface area contributed by atoms with Gasteiger partial charge in [0.05, 0.1) is 6.42 Å². The highest BCUT2D eigenvalue weighted by atomic mass is 35.5. The maximum atomic E-state index is 12.9. The highest BCUT2D eigenvalue weighted by molar-refractivity contribution is 6.17. The molecule has 5 heteroatoms. The van der Waals surface area contributed by atoms with Crippen molar-refractivity contribution < 1.29 is 8.81 Å². The van der Waals surface area contributed by atoms with Crippen molar-refractivity contribution >= 4 is 11.6 Å². The van der Waals surface area contributed by atoms with E-state index in [1.54, 1.807) is 6.07 Å². The average Bonchev–Trinajstić information content (AvgIpc) is 2.66. The summed E-state index contributed by atoms with van der Waals surface area (Å²) in [6, 6.07) is 6.32. The van der Waals surface area contributed by atoms with Crippen LogP contribution in [0, 0.1) is 5.82 Å². The van der Waals surface area contributed by atoms with Crippen molar-refractivity contribution in [3.63, 3.8) is 0 Å². The summed E-state index contributed by atoms with van der Waals surface area (Å²) in [4.78, 5) is 0. The number of benzene rings is 1. The molecule has 2 aromatic rings. The molecule has 0 unspecified atom stereocenters. The number of nitrogens with zero attached hydrogens (tertiary/aromatic N) is 2. The fourth-order valence-corrected chi connectivity index (χ4v) is 1.52. The third-order valence-corrected chi connectivity index (χ3v) is 2.25.